The molecule has 3 amide bonds. The van der Waals surface area contributed by atoms with Crippen LogP contribution in [0.15, 0.2) is 10.5 Å². The number of thioether (sulfide) groups is 1. The highest BCUT2D eigenvalue weighted by molar-refractivity contribution is 8.02. The number of oxime groups is 1. The Labute approximate surface area is 233 Å². The Morgan fingerprint density at radius 3 is 2.46 bits per heavy atom. The number of nitrogens with two attached hydrogens (primary N) is 1. The Hall–Kier alpha value is -3.11. The highest BCUT2D eigenvalue weighted by atomic mass is 32.2. The molecule has 4 aliphatic rings. The number of Topliss-reactive ketones (excluding diaryl/α,β-unsaturated/α-hetero) is 1. The molecule has 3 saturated heterocycles. The monoisotopic (exact) mass is 572 g/mol. The third kappa shape index (κ3) is 4.37. The molecule has 1 aromatic heterocycles. The van der Waals surface area contributed by atoms with Gasteiger partial charge in [-0.25, -0.2) is 20.4 Å². The van der Waals surface area contributed by atoms with E-state index in [0.29, 0.717) is 24.3 Å². The number of fused-ring (bicyclic) bond motifs is 1. The smallest absolute Gasteiger partial charge is 0.378 e. The number of amides is 3. The largest absolute Gasteiger partial charge is 0.541 e. The number of hydrogen-bond donors (Lipinski definition) is 1. The Kier molecular flexibility index (Phi) is 7.13. The minimum Gasteiger partial charge on any atom is -0.541 e. The van der Waals surface area contributed by atoms with Crippen LogP contribution < -0.4 is 5.84 Å². The lowest BCUT2D eigenvalue weighted by Crippen LogP contribution is -2.60. The first-order chi connectivity index (χ1) is 18.6. The maximum absolute atomic E-state index is 13.5. The number of carbonyl (C=O) groups is 5. The number of β-lactam (4-membered cyclic amide) rings is 1. The summed E-state index contributed by atoms with van der Waals surface area (Å²) in [4.78, 5) is 75.0. The lowest BCUT2D eigenvalue weighted by atomic mass is 9.80. The molecule has 1 aromatic rings. The zero-order valence-electron chi connectivity index (χ0n) is 20.7. The van der Waals surface area contributed by atoms with Crippen LogP contribution in [0.25, 0.3) is 0 Å². The average molecular weight is 572 g/mol. The predicted molar refractivity (Wildman–Crippen MR) is 137 cm³/mol. The molecule has 0 unspecified atom stereocenters. The molecule has 0 aromatic carbocycles. The van der Waals surface area contributed by atoms with Crippen molar-refractivity contribution in [3.8, 4) is 0 Å². The van der Waals surface area contributed by atoms with E-state index < -0.39 is 45.5 Å². The molecule has 4 radical (unpaired) electrons. The molecule has 0 bridgehead atoms. The van der Waals surface area contributed by atoms with Crippen molar-refractivity contribution in [1.82, 2.24) is 19.8 Å². The molecular formula is C21H22B2N6O8S2. The number of nitrogens with zero attached hydrogens (tertiary/aromatic N) is 5. The number of aryl methyl sites for hydroxylation is 1. The number of hydrazine groups is 1. The van der Waals surface area contributed by atoms with Crippen LogP contribution in [0.3, 0.4) is 0 Å². The Morgan fingerprint density at radius 1 is 1.21 bits per heavy atom. The first kappa shape index (κ1) is 27.5. The fourth-order valence-corrected chi connectivity index (χ4v) is 7.33. The standard InChI is InChI=1S/C21H22B2N6O8S2/c1-10-25-12(8-38-10)14(26-37-20(3-2-4-20)17(32)35-22)13(30)7-11-15(31)27-9-21(18(33)36-23,39-16(11)27)28-5-6-29(24)19(28)34/h8,11,16H,2-7,9,24H2,1H3/b26-14-/t11-,16-,21-/m1/s1. The molecule has 202 valence electrons. The molecule has 0 spiro atoms. The second kappa shape index (κ2) is 10.1. The van der Waals surface area contributed by atoms with Gasteiger partial charge in [-0.15, -0.1) is 11.3 Å². The van der Waals surface area contributed by atoms with Crippen LogP contribution >= 0.6 is 23.1 Å². The highest BCUT2D eigenvalue weighted by Gasteiger charge is 2.66. The van der Waals surface area contributed by atoms with Gasteiger partial charge in [0.25, 0.3) is 0 Å². The van der Waals surface area contributed by atoms with Gasteiger partial charge >= 0.3 is 34.1 Å². The molecule has 1 saturated carbocycles. The Morgan fingerprint density at radius 2 is 1.92 bits per heavy atom. The highest BCUT2D eigenvalue weighted by Crippen LogP contribution is 2.53. The number of urea groups is 1. The van der Waals surface area contributed by atoms with Crippen LogP contribution in [0, 0.1) is 12.8 Å². The molecule has 5 rings (SSSR count). The van der Waals surface area contributed by atoms with Gasteiger partial charge in [0.15, 0.2) is 11.5 Å². The molecule has 18 heteroatoms. The number of ketones is 1. The molecule has 4 fully saturated rings. The van der Waals surface area contributed by atoms with Gasteiger partial charge in [-0.2, -0.15) is 0 Å². The van der Waals surface area contributed by atoms with Crippen molar-refractivity contribution in [1.29, 1.82) is 0 Å². The number of hydrogen-bond acceptors (Lipinski definition) is 13. The van der Waals surface area contributed by atoms with Crippen molar-refractivity contribution >= 4 is 74.6 Å². The van der Waals surface area contributed by atoms with Gasteiger partial charge < -0.3 is 19.0 Å². The summed E-state index contributed by atoms with van der Waals surface area (Å²) in [5.41, 5.74) is -1.32. The lowest BCUT2D eigenvalue weighted by molar-refractivity contribution is -0.175. The average Bonchev–Trinajstić information content (AvgIpc) is 3.59. The van der Waals surface area contributed by atoms with Gasteiger partial charge in [0.2, 0.25) is 16.4 Å². The molecule has 4 heterocycles. The molecule has 1 aliphatic carbocycles. The van der Waals surface area contributed by atoms with Gasteiger partial charge in [0.05, 0.1) is 29.4 Å². The van der Waals surface area contributed by atoms with E-state index in [1.54, 1.807) is 12.3 Å². The third-order valence-corrected chi connectivity index (χ3v) is 9.84. The minimum absolute atomic E-state index is 0.125. The van der Waals surface area contributed by atoms with Crippen LogP contribution in [0.1, 0.15) is 36.4 Å². The van der Waals surface area contributed by atoms with Gasteiger partial charge in [-0.3, -0.25) is 24.3 Å². The van der Waals surface area contributed by atoms with E-state index in [-0.39, 0.29) is 43.4 Å². The SMILES string of the molecule is [B]OC(=O)C1(O/N=C(\C(=O)C[C@@H]2C(=O)N3C[C@@](C(=O)O[B])(N4CCN(N)C4=O)S[C@H]23)c2csc(C)n2)CCC1. The maximum atomic E-state index is 13.5. The third-order valence-electron chi connectivity index (χ3n) is 7.34. The normalized spacial score (nSPS) is 27.5. The van der Waals surface area contributed by atoms with Crippen molar-refractivity contribution in [3.63, 3.8) is 0 Å². The molecule has 14 nitrogen and oxygen atoms in total. The quantitative estimate of drug-likeness (QED) is 0.0975. The molecule has 39 heavy (non-hydrogen) atoms. The number of aromatic nitrogens is 1. The van der Waals surface area contributed by atoms with Crippen molar-refractivity contribution in [2.75, 3.05) is 19.6 Å². The fourth-order valence-electron chi connectivity index (χ4n) is 5.00. The van der Waals surface area contributed by atoms with Crippen molar-refractivity contribution in [2.24, 2.45) is 16.9 Å². The maximum Gasteiger partial charge on any atom is 0.378 e. The van der Waals surface area contributed by atoms with E-state index in [1.165, 1.54) is 21.1 Å². The molecule has 3 aliphatic heterocycles. The van der Waals surface area contributed by atoms with Gasteiger partial charge in [-0.1, -0.05) is 16.9 Å². The summed E-state index contributed by atoms with van der Waals surface area (Å²) in [6.45, 7) is 1.88. The molecular weight excluding hydrogens is 550 g/mol. The summed E-state index contributed by atoms with van der Waals surface area (Å²) in [6, 6.07) is -0.609. The Bertz CT molecular complexity index is 1270. The number of rotatable bonds is 9. The van der Waals surface area contributed by atoms with Crippen molar-refractivity contribution < 1.29 is 38.1 Å². The number of thiazole rings is 1. The summed E-state index contributed by atoms with van der Waals surface area (Å²) in [5.74, 6) is 2.20. The van der Waals surface area contributed by atoms with Crippen LogP contribution in [0.4, 0.5) is 4.79 Å². The summed E-state index contributed by atoms with van der Waals surface area (Å²) < 4.78 is 8.86. The summed E-state index contributed by atoms with van der Waals surface area (Å²) in [7, 11) is 10.2. The van der Waals surface area contributed by atoms with Crippen LogP contribution in [-0.4, -0.2) is 107 Å². The first-order valence-electron chi connectivity index (χ1n) is 11.9. The minimum atomic E-state index is -1.61. The molecule has 3 atom stereocenters. The molecule has 2 N–H and O–H groups in total. The Balaban J connectivity index is 1.37. The summed E-state index contributed by atoms with van der Waals surface area (Å²) >= 11 is 2.29. The van der Waals surface area contributed by atoms with E-state index in [4.69, 9.17) is 26.8 Å². The fraction of sp³-hybridized carbons (Fsp3) is 0.571. The van der Waals surface area contributed by atoms with Crippen molar-refractivity contribution in [3.05, 3.63) is 16.1 Å². The number of carbonyl (C=O) groups excluding carboxylic acids is 5. The van der Waals surface area contributed by atoms with Crippen LogP contribution in [-0.2, 0) is 33.3 Å². The summed E-state index contributed by atoms with van der Waals surface area (Å²) in [5, 5.41) is 6.62. The van der Waals surface area contributed by atoms with Crippen LogP contribution in [0.2, 0.25) is 0 Å². The van der Waals surface area contributed by atoms with E-state index in [9.17, 15) is 24.0 Å². The van der Waals surface area contributed by atoms with E-state index >= 15 is 0 Å². The zero-order valence-corrected chi connectivity index (χ0v) is 22.4. The lowest BCUT2D eigenvalue weighted by Gasteiger charge is -2.41. The second-order valence-corrected chi connectivity index (χ2v) is 12.0. The first-order valence-corrected chi connectivity index (χ1v) is 13.7. The second-order valence-electron chi connectivity index (χ2n) is 9.56. The van der Waals surface area contributed by atoms with Crippen molar-refractivity contribution in [2.45, 2.75) is 48.5 Å². The summed E-state index contributed by atoms with van der Waals surface area (Å²) in [6.07, 6.45) is 1.02. The van der Waals surface area contributed by atoms with Gasteiger partial charge in [-0.05, 0) is 13.3 Å². The van der Waals surface area contributed by atoms with E-state index in [2.05, 4.69) is 19.4 Å². The van der Waals surface area contributed by atoms with Crippen LogP contribution in [0.5, 0.6) is 0 Å². The predicted octanol–water partition coefficient (Wildman–Crippen LogP) is -0.854. The van der Waals surface area contributed by atoms with Gasteiger partial charge in [0, 0.05) is 31.2 Å². The zero-order chi connectivity index (χ0) is 28.1. The topological polar surface area (TPSA) is 174 Å². The van der Waals surface area contributed by atoms with E-state index in [1.807, 2.05) is 0 Å². The van der Waals surface area contributed by atoms with Gasteiger partial charge in [0.1, 0.15) is 5.69 Å². The van der Waals surface area contributed by atoms with E-state index in [0.717, 1.165) is 16.8 Å².